The number of pyridine rings is 1. The van der Waals surface area contributed by atoms with Gasteiger partial charge in [0, 0.05) is 42.8 Å². The predicted octanol–water partition coefficient (Wildman–Crippen LogP) is 5.35. The molecule has 11 heteroatoms. The van der Waals surface area contributed by atoms with Crippen molar-refractivity contribution < 1.29 is 9.53 Å². The first kappa shape index (κ1) is 23.8. The van der Waals surface area contributed by atoms with Crippen LogP contribution in [0.15, 0.2) is 85.5 Å². The Morgan fingerprint density at radius 2 is 1.92 bits per heavy atom. The van der Waals surface area contributed by atoms with Crippen molar-refractivity contribution in [1.29, 1.82) is 0 Å². The maximum atomic E-state index is 12.5. The zero-order valence-corrected chi connectivity index (χ0v) is 21.8. The van der Waals surface area contributed by atoms with Crippen LogP contribution in [0.25, 0.3) is 31.8 Å². The molecule has 2 N–H and O–H groups in total. The van der Waals surface area contributed by atoms with Crippen molar-refractivity contribution in [1.82, 2.24) is 29.6 Å². The van der Waals surface area contributed by atoms with Crippen LogP contribution in [0.3, 0.4) is 0 Å². The Hall–Kier alpha value is -4.61. The number of aryl methyl sites for hydroxylation is 1. The van der Waals surface area contributed by atoms with Crippen molar-refractivity contribution in [2.24, 2.45) is 7.05 Å². The van der Waals surface area contributed by atoms with Crippen LogP contribution in [0, 0.1) is 0 Å². The lowest BCUT2D eigenvalue weighted by molar-refractivity contribution is -0.120. The average molecular weight is 540 g/mol. The molecule has 1 amide bonds. The second kappa shape index (κ2) is 10.0. The molecule has 0 saturated heterocycles. The van der Waals surface area contributed by atoms with Crippen LogP contribution in [0.1, 0.15) is 0 Å². The van der Waals surface area contributed by atoms with E-state index in [2.05, 4.69) is 25.7 Å². The Balaban J connectivity index is 1.09. The van der Waals surface area contributed by atoms with Gasteiger partial charge in [-0.2, -0.15) is 5.10 Å². The highest BCUT2D eigenvalue weighted by atomic mass is 32.1. The molecule has 0 saturated carbocycles. The first-order valence-electron chi connectivity index (χ1n) is 11.7. The number of hydrogen-bond donors (Lipinski definition) is 2. The standard InChI is InChI=1S/C27H21N7O2S2/c1-33-13-12-29-26(33)23-14-20-25(38-23)22(10-11-28-20)36-19-8-6-18(7-9-19)31-27(37)32-24(35)16-34-21-5-3-2-4-17(21)15-30-34/h2-15H,16H2,1H3,(H2,31,32,35,37). The third-order valence-corrected chi connectivity index (χ3v) is 7.19. The summed E-state index contributed by atoms with van der Waals surface area (Å²) in [4.78, 5) is 22.4. The van der Waals surface area contributed by atoms with Gasteiger partial charge >= 0.3 is 0 Å². The fourth-order valence-corrected chi connectivity index (χ4v) is 5.39. The predicted molar refractivity (Wildman–Crippen MR) is 152 cm³/mol. The third-order valence-electron chi connectivity index (χ3n) is 5.85. The topological polar surface area (TPSA) is 98.9 Å². The van der Waals surface area contributed by atoms with Crippen LogP contribution in [0.4, 0.5) is 5.69 Å². The lowest BCUT2D eigenvalue weighted by atomic mass is 10.2. The normalized spacial score (nSPS) is 11.1. The van der Waals surface area contributed by atoms with Gasteiger partial charge in [0.1, 0.15) is 23.9 Å². The van der Waals surface area contributed by atoms with Crippen molar-refractivity contribution in [2.75, 3.05) is 5.32 Å². The third kappa shape index (κ3) is 4.84. The fourth-order valence-electron chi connectivity index (χ4n) is 4.06. The number of nitrogens with zero attached hydrogens (tertiary/aromatic N) is 5. The van der Waals surface area contributed by atoms with Crippen molar-refractivity contribution in [3.8, 4) is 22.2 Å². The van der Waals surface area contributed by atoms with E-state index in [-0.39, 0.29) is 17.6 Å². The summed E-state index contributed by atoms with van der Waals surface area (Å²) >= 11 is 6.91. The number of aromatic nitrogens is 5. The Labute approximate surface area is 226 Å². The molecule has 4 heterocycles. The number of carbonyl (C=O) groups is 1. The number of fused-ring (bicyclic) bond motifs is 2. The van der Waals surface area contributed by atoms with Crippen molar-refractivity contribution in [3.05, 3.63) is 85.5 Å². The maximum absolute atomic E-state index is 12.5. The number of ether oxygens (including phenoxy) is 1. The molecule has 0 fully saturated rings. The number of amides is 1. The number of anilines is 1. The highest BCUT2D eigenvalue weighted by Crippen LogP contribution is 2.38. The monoisotopic (exact) mass is 539 g/mol. The van der Waals surface area contributed by atoms with Gasteiger partial charge in [-0.25, -0.2) is 4.98 Å². The largest absolute Gasteiger partial charge is 0.456 e. The lowest BCUT2D eigenvalue weighted by Gasteiger charge is -2.11. The van der Waals surface area contributed by atoms with E-state index in [4.69, 9.17) is 17.0 Å². The number of nitrogens with one attached hydrogen (secondary N) is 2. The van der Waals surface area contributed by atoms with Gasteiger partial charge in [-0.15, -0.1) is 11.3 Å². The lowest BCUT2D eigenvalue weighted by Crippen LogP contribution is -2.36. The first-order chi connectivity index (χ1) is 18.5. The van der Waals surface area contributed by atoms with Gasteiger partial charge in [0.15, 0.2) is 5.11 Å². The smallest absolute Gasteiger partial charge is 0.247 e. The number of para-hydroxylation sites is 1. The van der Waals surface area contributed by atoms with Crippen LogP contribution >= 0.6 is 23.6 Å². The molecule has 38 heavy (non-hydrogen) atoms. The summed E-state index contributed by atoms with van der Waals surface area (Å²) in [5.74, 6) is 2.00. The molecule has 0 spiro atoms. The van der Waals surface area contributed by atoms with Crippen LogP contribution < -0.4 is 15.4 Å². The van der Waals surface area contributed by atoms with Gasteiger partial charge < -0.3 is 19.9 Å². The minimum Gasteiger partial charge on any atom is -0.456 e. The molecule has 188 valence electrons. The molecule has 0 aliphatic rings. The molecule has 0 unspecified atom stereocenters. The quantitative estimate of drug-likeness (QED) is 0.275. The molecule has 6 rings (SSSR count). The molecule has 0 atom stereocenters. The van der Waals surface area contributed by atoms with E-state index < -0.39 is 0 Å². The molecule has 2 aromatic carbocycles. The number of benzene rings is 2. The second-order valence-corrected chi connectivity index (χ2v) is 9.95. The Kier molecular flexibility index (Phi) is 6.28. The summed E-state index contributed by atoms with van der Waals surface area (Å²) in [6, 6.07) is 18.9. The highest BCUT2D eigenvalue weighted by molar-refractivity contribution is 7.80. The minimum atomic E-state index is -0.265. The fraction of sp³-hybridized carbons (Fsp3) is 0.0741. The number of carbonyl (C=O) groups excluding carboxylic acids is 1. The van der Waals surface area contributed by atoms with Gasteiger partial charge in [-0.05, 0) is 48.6 Å². The summed E-state index contributed by atoms with van der Waals surface area (Å²) in [5.41, 5.74) is 2.47. The summed E-state index contributed by atoms with van der Waals surface area (Å²) < 4.78 is 10.7. The number of thiocarbonyl (C=S) groups is 1. The molecular weight excluding hydrogens is 518 g/mol. The Bertz CT molecular complexity index is 1790. The zero-order valence-electron chi connectivity index (χ0n) is 20.2. The molecular formula is C27H21N7O2S2. The SMILES string of the molecule is Cn1ccnc1-c1cc2nccc(Oc3ccc(NC(=S)NC(=O)Cn4ncc5ccccc54)cc3)c2s1. The molecule has 0 aliphatic heterocycles. The molecule has 4 aromatic heterocycles. The van der Waals surface area contributed by atoms with Gasteiger partial charge in [0.25, 0.3) is 0 Å². The van der Waals surface area contributed by atoms with E-state index in [1.807, 2.05) is 78.5 Å². The van der Waals surface area contributed by atoms with E-state index in [9.17, 15) is 4.79 Å². The van der Waals surface area contributed by atoms with E-state index in [0.717, 1.165) is 43.3 Å². The molecule has 0 bridgehead atoms. The van der Waals surface area contributed by atoms with Crippen molar-refractivity contribution in [2.45, 2.75) is 6.54 Å². The van der Waals surface area contributed by atoms with E-state index in [0.29, 0.717) is 5.75 Å². The maximum Gasteiger partial charge on any atom is 0.247 e. The van der Waals surface area contributed by atoms with E-state index in [1.165, 1.54) is 0 Å². The van der Waals surface area contributed by atoms with Crippen LogP contribution in [-0.2, 0) is 18.4 Å². The number of thiophene rings is 1. The molecule has 6 aromatic rings. The molecule has 0 radical (unpaired) electrons. The minimum absolute atomic E-state index is 0.0626. The highest BCUT2D eigenvalue weighted by Gasteiger charge is 2.14. The number of imidazole rings is 1. The first-order valence-corrected chi connectivity index (χ1v) is 12.9. The summed E-state index contributed by atoms with van der Waals surface area (Å²) in [5, 5.41) is 11.2. The summed E-state index contributed by atoms with van der Waals surface area (Å²) in [6.45, 7) is 0.0626. The second-order valence-electron chi connectivity index (χ2n) is 8.49. The molecule has 0 aliphatic carbocycles. The van der Waals surface area contributed by atoms with Gasteiger partial charge in [-0.3, -0.25) is 14.5 Å². The van der Waals surface area contributed by atoms with Gasteiger partial charge in [0.05, 0.1) is 26.8 Å². The van der Waals surface area contributed by atoms with Crippen LogP contribution in [-0.4, -0.2) is 35.3 Å². The van der Waals surface area contributed by atoms with E-state index in [1.54, 1.807) is 34.6 Å². The van der Waals surface area contributed by atoms with Crippen molar-refractivity contribution >= 4 is 61.4 Å². The molecule has 9 nitrogen and oxygen atoms in total. The van der Waals surface area contributed by atoms with Crippen LogP contribution in [0.5, 0.6) is 11.5 Å². The van der Waals surface area contributed by atoms with Gasteiger partial charge in [0.2, 0.25) is 5.91 Å². The average Bonchev–Trinajstić information content (AvgIpc) is 3.64. The van der Waals surface area contributed by atoms with Crippen molar-refractivity contribution in [3.63, 3.8) is 0 Å². The number of hydrogen-bond acceptors (Lipinski definition) is 7. The summed E-state index contributed by atoms with van der Waals surface area (Å²) in [6.07, 6.45) is 7.16. The zero-order chi connectivity index (χ0) is 26.1. The van der Waals surface area contributed by atoms with Crippen LogP contribution in [0.2, 0.25) is 0 Å². The summed E-state index contributed by atoms with van der Waals surface area (Å²) in [7, 11) is 1.96. The van der Waals surface area contributed by atoms with E-state index >= 15 is 0 Å². The Morgan fingerprint density at radius 1 is 1.08 bits per heavy atom. The van der Waals surface area contributed by atoms with Gasteiger partial charge in [-0.1, -0.05) is 18.2 Å². The Morgan fingerprint density at radius 3 is 2.74 bits per heavy atom. The number of rotatable bonds is 6.